The number of rotatable bonds is 4. The van der Waals surface area contributed by atoms with Gasteiger partial charge in [0.05, 0.1) is 11.4 Å². The van der Waals surface area contributed by atoms with Gasteiger partial charge in [0.1, 0.15) is 0 Å². The number of hydrogen-bond donors (Lipinski definition) is 1. The highest BCUT2D eigenvalue weighted by atomic mass is 79.9. The van der Waals surface area contributed by atoms with Gasteiger partial charge in [-0.3, -0.25) is 0 Å². The summed E-state index contributed by atoms with van der Waals surface area (Å²) >= 11 is 5.16. The van der Waals surface area contributed by atoms with Gasteiger partial charge in [0.25, 0.3) is 0 Å². The third kappa shape index (κ3) is 3.23. The number of halogens is 1. The van der Waals surface area contributed by atoms with Crippen molar-refractivity contribution in [3.63, 3.8) is 0 Å². The molecule has 0 aliphatic carbocycles. The second-order valence-corrected chi connectivity index (χ2v) is 5.70. The number of anilines is 2. The Kier molecular flexibility index (Phi) is 4.07. The van der Waals surface area contributed by atoms with Crippen LogP contribution in [0, 0.1) is 0 Å². The zero-order valence-corrected chi connectivity index (χ0v) is 12.1. The van der Waals surface area contributed by atoms with Gasteiger partial charge in [0.2, 0.25) is 0 Å². The van der Waals surface area contributed by atoms with Crippen molar-refractivity contribution < 1.29 is 0 Å². The van der Waals surface area contributed by atoms with E-state index >= 15 is 0 Å². The highest BCUT2D eigenvalue weighted by Crippen LogP contribution is 2.26. The predicted octanol–water partition coefficient (Wildman–Crippen LogP) is 3.77. The normalized spacial score (nSPS) is 10.5. The Labute approximate surface area is 114 Å². The van der Waals surface area contributed by atoms with E-state index in [1.807, 2.05) is 18.2 Å². The van der Waals surface area contributed by atoms with Crippen LogP contribution in [0.2, 0.25) is 0 Å². The molecule has 2 rings (SSSR count). The van der Waals surface area contributed by atoms with Gasteiger partial charge in [-0.1, -0.05) is 15.9 Å². The Hall–Kier alpha value is -1.00. The van der Waals surface area contributed by atoms with Crippen LogP contribution in [0.15, 0.2) is 39.5 Å². The smallest absolute Gasteiger partial charge is 0.0598 e. The standard InChI is InChI=1S/C13H15BrN2S/c1-16(6-4-10-5-7-17-9-10)13-3-2-11(14)8-12(13)15/h2-3,5,7-9H,4,6,15H2,1H3. The molecular formula is C13H15BrN2S. The summed E-state index contributed by atoms with van der Waals surface area (Å²) in [6, 6.07) is 8.18. The first kappa shape index (κ1) is 12.5. The Morgan fingerprint density at radius 1 is 1.35 bits per heavy atom. The predicted molar refractivity (Wildman–Crippen MR) is 79.8 cm³/mol. The zero-order valence-electron chi connectivity index (χ0n) is 9.69. The maximum atomic E-state index is 6.00. The molecule has 0 fully saturated rings. The highest BCUT2D eigenvalue weighted by Gasteiger charge is 2.05. The number of thiophene rings is 1. The molecule has 2 aromatic rings. The van der Waals surface area contributed by atoms with E-state index in [1.54, 1.807) is 11.3 Å². The van der Waals surface area contributed by atoms with Gasteiger partial charge in [-0.25, -0.2) is 0 Å². The SMILES string of the molecule is CN(CCc1ccsc1)c1ccc(Br)cc1N. The minimum absolute atomic E-state index is 0.812. The van der Waals surface area contributed by atoms with E-state index in [0.717, 1.165) is 28.8 Å². The van der Waals surface area contributed by atoms with Crippen LogP contribution < -0.4 is 10.6 Å². The zero-order chi connectivity index (χ0) is 12.3. The lowest BCUT2D eigenvalue weighted by atomic mass is 10.2. The van der Waals surface area contributed by atoms with Crippen LogP contribution in [-0.4, -0.2) is 13.6 Å². The van der Waals surface area contributed by atoms with Gasteiger partial charge in [-0.15, -0.1) is 0 Å². The van der Waals surface area contributed by atoms with E-state index in [1.165, 1.54) is 5.56 Å². The van der Waals surface area contributed by atoms with Gasteiger partial charge in [0, 0.05) is 18.1 Å². The highest BCUT2D eigenvalue weighted by molar-refractivity contribution is 9.10. The lowest BCUT2D eigenvalue weighted by molar-refractivity contribution is 0.880. The van der Waals surface area contributed by atoms with E-state index in [2.05, 4.69) is 44.7 Å². The van der Waals surface area contributed by atoms with E-state index in [0.29, 0.717) is 0 Å². The molecule has 1 aromatic heterocycles. The fourth-order valence-electron chi connectivity index (χ4n) is 1.73. The summed E-state index contributed by atoms with van der Waals surface area (Å²) in [6.07, 6.45) is 1.05. The molecule has 0 radical (unpaired) electrons. The van der Waals surface area contributed by atoms with Crippen LogP contribution in [0.25, 0.3) is 0 Å². The number of benzene rings is 1. The van der Waals surface area contributed by atoms with Gasteiger partial charge in [0.15, 0.2) is 0 Å². The fourth-order valence-corrected chi connectivity index (χ4v) is 2.81. The molecule has 4 heteroatoms. The van der Waals surface area contributed by atoms with Crippen LogP contribution in [-0.2, 0) is 6.42 Å². The number of nitrogens with two attached hydrogens (primary N) is 1. The Balaban J connectivity index is 2.01. The molecule has 0 saturated carbocycles. The van der Waals surface area contributed by atoms with Crippen LogP contribution in [0.5, 0.6) is 0 Å². The quantitative estimate of drug-likeness (QED) is 0.871. The molecule has 90 valence electrons. The van der Waals surface area contributed by atoms with Crippen LogP contribution in [0.3, 0.4) is 0 Å². The van der Waals surface area contributed by atoms with Crippen molar-refractivity contribution >= 4 is 38.6 Å². The third-order valence-corrected chi connectivity index (χ3v) is 3.94. The average molecular weight is 311 g/mol. The maximum absolute atomic E-state index is 6.00. The van der Waals surface area contributed by atoms with Crippen molar-refractivity contribution in [1.82, 2.24) is 0 Å². The average Bonchev–Trinajstić information content (AvgIpc) is 2.78. The van der Waals surface area contributed by atoms with E-state index < -0.39 is 0 Å². The summed E-state index contributed by atoms with van der Waals surface area (Å²) in [5.74, 6) is 0. The monoisotopic (exact) mass is 310 g/mol. The maximum Gasteiger partial charge on any atom is 0.0598 e. The molecule has 0 aliphatic heterocycles. The number of nitrogen functional groups attached to an aromatic ring is 1. The number of likely N-dealkylation sites (N-methyl/N-ethyl adjacent to an activating group) is 1. The van der Waals surface area contributed by atoms with Gasteiger partial charge in [-0.2, -0.15) is 11.3 Å². The summed E-state index contributed by atoms with van der Waals surface area (Å²) in [7, 11) is 2.08. The fraction of sp³-hybridized carbons (Fsp3) is 0.231. The lowest BCUT2D eigenvalue weighted by Crippen LogP contribution is -2.21. The molecule has 1 heterocycles. The Morgan fingerprint density at radius 2 is 2.18 bits per heavy atom. The lowest BCUT2D eigenvalue weighted by Gasteiger charge is -2.21. The molecule has 0 amide bonds. The minimum atomic E-state index is 0.812. The van der Waals surface area contributed by atoms with Gasteiger partial charge >= 0.3 is 0 Å². The van der Waals surface area contributed by atoms with Gasteiger partial charge < -0.3 is 10.6 Å². The van der Waals surface area contributed by atoms with Crippen molar-refractivity contribution in [2.45, 2.75) is 6.42 Å². The van der Waals surface area contributed by atoms with Crippen molar-refractivity contribution in [2.24, 2.45) is 0 Å². The molecule has 2 nitrogen and oxygen atoms in total. The van der Waals surface area contributed by atoms with Crippen LogP contribution in [0.1, 0.15) is 5.56 Å². The van der Waals surface area contributed by atoms with Crippen molar-refractivity contribution in [2.75, 3.05) is 24.2 Å². The summed E-state index contributed by atoms with van der Waals surface area (Å²) in [5.41, 5.74) is 9.29. The third-order valence-electron chi connectivity index (χ3n) is 2.72. The van der Waals surface area contributed by atoms with E-state index in [9.17, 15) is 0 Å². The largest absolute Gasteiger partial charge is 0.397 e. The Morgan fingerprint density at radius 3 is 2.82 bits per heavy atom. The minimum Gasteiger partial charge on any atom is -0.397 e. The van der Waals surface area contributed by atoms with Crippen molar-refractivity contribution in [3.8, 4) is 0 Å². The number of hydrogen-bond acceptors (Lipinski definition) is 3. The van der Waals surface area contributed by atoms with E-state index in [-0.39, 0.29) is 0 Å². The van der Waals surface area contributed by atoms with Crippen LogP contribution in [0.4, 0.5) is 11.4 Å². The molecule has 1 aromatic carbocycles. The molecule has 0 unspecified atom stereocenters. The van der Waals surface area contributed by atoms with Crippen molar-refractivity contribution in [1.29, 1.82) is 0 Å². The first-order chi connectivity index (χ1) is 8.16. The summed E-state index contributed by atoms with van der Waals surface area (Å²) in [4.78, 5) is 2.19. The first-order valence-electron chi connectivity index (χ1n) is 5.44. The number of nitrogens with zero attached hydrogens (tertiary/aromatic N) is 1. The molecule has 0 bridgehead atoms. The topological polar surface area (TPSA) is 29.3 Å². The van der Waals surface area contributed by atoms with Crippen LogP contribution >= 0.6 is 27.3 Å². The van der Waals surface area contributed by atoms with Crippen molar-refractivity contribution in [3.05, 3.63) is 45.1 Å². The molecule has 0 atom stereocenters. The molecular weight excluding hydrogens is 296 g/mol. The Bertz CT molecular complexity index is 482. The summed E-state index contributed by atoms with van der Waals surface area (Å²) < 4.78 is 1.02. The molecule has 17 heavy (non-hydrogen) atoms. The summed E-state index contributed by atoms with van der Waals surface area (Å²) in [5, 5.41) is 4.31. The second kappa shape index (κ2) is 5.56. The molecule has 0 saturated heterocycles. The van der Waals surface area contributed by atoms with Gasteiger partial charge in [-0.05, 0) is 47.0 Å². The molecule has 0 aliphatic rings. The van der Waals surface area contributed by atoms with E-state index in [4.69, 9.17) is 5.73 Å². The molecule has 2 N–H and O–H groups in total. The first-order valence-corrected chi connectivity index (χ1v) is 7.17. The second-order valence-electron chi connectivity index (χ2n) is 4.01. The molecule has 0 spiro atoms. The summed E-state index contributed by atoms with van der Waals surface area (Å²) in [6.45, 7) is 0.975.